The van der Waals surface area contributed by atoms with Gasteiger partial charge < -0.3 is 9.47 Å². The van der Waals surface area contributed by atoms with Crippen LogP contribution in [0.4, 0.5) is 0 Å². The van der Waals surface area contributed by atoms with E-state index in [-0.39, 0.29) is 17.2 Å². The smallest absolute Gasteiger partial charge is 0.315 e. The number of hydrogen-bond acceptors (Lipinski definition) is 5. The van der Waals surface area contributed by atoms with Gasteiger partial charge in [0.2, 0.25) is 0 Å². The molecule has 1 aromatic carbocycles. The van der Waals surface area contributed by atoms with Gasteiger partial charge in [-0.05, 0) is 52.4 Å². The lowest BCUT2D eigenvalue weighted by Gasteiger charge is -2.38. The minimum Gasteiger partial charge on any atom is -0.496 e. The van der Waals surface area contributed by atoms with Crippen LogP contribution in [0.3, 0.4) is 0 Å². The first-order valence-corrected chi connectivity index (χ1v) is 9.70. The fraction of sp³-hybridized carbons (Fsp3) is 0.476. The third-order valence-corrected chi connectivity index (χ3v) is 5.91. The molecule has 144 valence electrons. The summed E-state index contributed by atoms with van der Waals surface area (Å²) in [4.78, 5) is 30.4. The summed E-state index contributed by atoms with van der Waals surface area (Å²) in [5.74, 6) is -0.643. The molecular formula is C21H24BrNO4. The molecule has 1 unspecified atom stereocenters. The van der Waals surface area contributed by atoms with Crippen LogP contribution < -0.4 is 4.74 Å². The van der Waals surface area contributed by atoms with Crippen LogP contribution in [0.2, 0.25) is 0 Å². The number of nitrogens with zero attached hydrogens (tertiary/aromatic N) is 1. The lowest BCUT2D eigenvalue weighted by Crippen LogP contribution is -2.39. The maximum absolute atomic E-state index is 13.1. The molecule has 1 aliphatic heterocycles. The normalized spacial score (nSPS) is 24.2. The lowest BCUT2D eigenvalue weighted by molar-refractivity contribution is -0.143. The van der Waals surface area contributed by atoms with Gasteiger partial charge in [-0.1, -0.05) is 19.9 Å². The van der Waals surface area contributed by atoms with Crippen LogP contribution in [0.5, 0.6) is 5.75 Å². The fourth-order valence-corrected chi connectivity index (χ4v) is 4.67. The van der Waals surface area contributed by atoms with E-state index in [0.29, 0.717) is 29.9 Å². The molecule has 0 saturated heterocycles. The van der Waals surface area contributed by atoms with Gasteiger partial charge in [0.25, 0.3) is 0 Å². The molecule has 0 amide bonds. The Labute approximate surface area is 168 Å². The Kier molecular flexibility index (Phi) is 5.30. The van der Waals surface area contributed by atoms with Crippen molar-refractivity contribution >= 4 is 33.4 Å². The van der Waals surface area contributed by atoms with Crippen LogP contribution in [0, 0.1) is 11.3 Å². The molecule has 27 heavy (non-hydrogen) atoms. The second-order valence-electron chi connectivity index (χ2n) is 7.93. The standard InChI is InChI=1S/C21H24BrNO4/c1-11-17(20(25)27-5)18(12-6-7-16(26-4)13(22)8-12)19-14(23-11)9-21(2,3)10-15(19)24/h6-8,17-18H,9-10H2,1-5H3/t17?,18-/m1/s1. The van der Waals surface area contributed by atoms with Crippen LogP contribution in [0.25, 0.3) is 0 Å². The summed E-state index contributed by atoms with van der Waals surface area (Å²) in [5, 5.41) is 0. The monoisotopic (exact) mass is 433 g/mol. The van der Waals surface area contributed by atoms with Crippen LogP contribution in [-0.4, -0.2) is 31.7 Å². The average molecular weight is 434 g/mol. The average Bonchev–Trinajstić information content (AvgIpc) is 2.58. The summed E-state index contributed by atoms with van der Waals surface area (Å²) in [6, 6.07) is 5.66. The van der Waals surface area contributed by atoms with Crippen LogP contribution >= 0.6 is 15.9 Å². The van der Waals surface area contributed by atoms with E-state index >= 15 is 0 Å². The first-order valence-electron chi connectivity index (χ1n) is 8.91. The number of ether oxygens (including phenoxy) is 2. The Morgan fingerprint density at radius 2 is 1.96 bits per heavy atom. The first-order chi connectivity index (χ1) is 12.7. The molecule has 3 rings (SSSR count). The molecular weight excluding hydrogens is 410 g/mol. The fourth-order valence-electron chi connectivity index (χ4n) is 4.11. The Morgan fingerprint density at radius 3 is 2.56 bits per heavy atom. The van der Waals surface area contributed by atoms with Gasteiger partial charge >= 0.3 is 5.97 Å². The van der Waals surface area contributed by atoms with Crippen molar-refractivity contribution in [2.75, 3.05) is 14.2 Å². The summed E-state index contributed by atoms with van der Waals surface area (Å²) in [6.07, 6.45) is 1.16. The molecule has 2 atom stereocenters. The van der Waals surface area contributed by atoms with Crippen molar-refractivity contribution in [3.8, 4) is 5.75 Å². The van der Waals surface area contributed by atoms with E-state index in [4.69, 9.17) is 9.47 Å². The molecule has 2 aliphatic rings. The number of hydrogen-bond donors (Lipinski definition) is 0. The van der Waals surface area contributed by atoms with Crippen molar-refractivity contribution in [2.24, 2.45) is 16.3 Å². The quantitative estimate of drug-likeness (QED) is 0.660. The number of methoxy groups -OCH3 is 2. The van der Waals surface area contributed by atoms with E-state index in [1.807, 2.05) is 25.1 Å². The predicted molar refractivity (Wildman–Crippen MR) is 107 cm³/mol. The van der Waals surface area contributed by atoms with Gasteiger partial charge in [-0.15, -0.1) is 0 Å². The summed E-state index contributed by atoms with van der Waals surface area (Å²) < 4.78 is 11.1. The van der Waals surface area contributed by atoms with Gasteiger partial charge in [0.1, 0.15) is 11.7 Å². The number of esters is 1. The van der Waals surface area contributed by atoms with Crippen molar-refractivity contribution < 1.29 is 19.1 Å². The highest BCUT2D eigenvalue weighted by Gasteiger charge is 2.45. The SMILES string of the molecule is COC(=O)C1C(C)=NC2=C(C(=O)CC(C)(C)C2)[C@@H]1c1ccc(OC)c(Br)c1. The Balaban J connectivity index is 2.20. The summed E-state index contributed by atoms with van der Waals surface area (Å²) in [6.45, 7) is 5.98. The van der Waals surface area contributed by atoms with Crippen molar-refractivity contribution in [3.63, 3.8) is 0 Å². The topological polar surface area (TPSA) is 65.0 Å². The predicted octanol–water partition coefficient (Wildman–Crippen LogP) is 4.45. The third kappa shape index (κ3) is 3.59. The van der Waals surface area contributed by atoms with Gasteiger partial charge in [-0.25, -0.2) is 0 Å². The van der Waals surface area contributed by atoms with Gasteiger partial charge in [0.15, 0.2) is 5.78 Å². The zero-order valence-electron chi connectivity index (χ0n) is 16.3. The minimum absolute atomic E-state index is 0.0587. The van der Waals surface area contributed by atoms with E-state index in [1.165, 1.54) is 7.11 Å². The highest BCUT2D eigenvalue weighted by atomic mass is 79.9. The number of aliphatic imine (C=N–C) groups is 1. The molecule has 0 radical (unpaired) electrons. The van der Waals surface area contributed by atoms with E-state index < -0.39 is 11.8 Å². The van der Waals surface area contributed by atoms with Crippen molar-refractivity contribution in [3.05, 3.63) is 39.5 Å². The van der Waals surface area contributed by atoms with Crippen LogP contribution in [0.15, 0.2) is 38.9 Å². The number of benzene rings is 1. The molecule has 0 fully saturated rings. The van der Waals surface area contributed by atoms with Gasteiger partial charge in [-0.2, -0.15) is 0 Å². The van der Waals surface area contributed by atoms with E-state index in [9.17, 15) is 9.59 Å². The van der Waals surface area contributed by atoms with Crippen LogP contribution in [0.1, 0.15) is 45.1 Å². The first kappa shape index (κ1) is 19.8. The van der Waals surface area contributed by atoms with Crippen molar-refractivity contribution in [1.82, 2.24) is 0 Å². The lowest BCUT2D eigenvalue weighted by atomic mass is 9.67. The molecule has 0 bridgehead atoms. The Bertz CT molecular complexity index is 869. The van der Waals surface area contributed by atoms with Gasteiger partial charge in [-0.3, -0.25) is 14.6 Å². The molecule has 0 aromatic heterocycles. The largest absolute Gasteiger partial charge is 0.496 e. The maximum atomic E-state index is 13.1. The van der Waals surface area contributed by atoms with Crippen LogP contribution in [-0.2, 0) is 14.3 Å². The van der Waals surface area contributed by atoms with E-state index in [0.717, 1.165) is 15.7 Å². The van der Waals surface area contributed by atoms with Crippen molar-refractivity contribution in [1.29, 1.82) is 0 Å². The molecule has 0 N–H and O–H groups in total. The Morgan fingerprint density at radius 1 is 1.26 bits per heavy atom. The number of Topliss-reactive ketones (excluding diaryl/α,β-unsaturated/α-hetero) is 1. The zero-order chi connectivity index (χ0) is 19.9. The van der Waals surface area contributed by atoms with Crippen molar-refractivity contribution in [2.45, 2.75) is 39.5 Å². The molecule has 5 nitrogen and oxygen atoms in total. The number of rotatable bonds is 3. The molecule has 0 saturated carbocycles. The zero-order valence-corrected chi connectivity index (χ0v) is 17.8. The highest BCUT2D eigenvalue weighted by molar-refractivity contribution is 9.10. The number of ketones is 1. The molecule has 0 spiro atoms. The van der Waals surface area contributed by atoms with Gasteiger partial charge in [0.05, 0.1) is 18.7 Å². The number of halogens is 1. The summed E-state index contributed by atoms with van der Waals surface area (Å²) >= 11 is 3.51. The molecule has 1 aromatic rings. The second-order valence-corrected chi connectivity index (χ2v) is 8.78. The highest BCUT2D eigenvalue weighted by Crippen LogP contribution is 2.48. The molecule has 1 heterocycles. The summed E-state index contributed by atoms with van der Waals surface area (Å²) in [5.41, 5.74) is 2.86. The third-order valence-electron chi connectivity index (χ3n) is 5.29. The number of allylic oxidation sites excluding steroid dienone is 2. The van der Waals surface area contributed by atoms with E-state index in [2.05, 4.69) is 34.8 Å². The maximum Gasteiger partial charge on any atom is 0.315 e. The minimum atomic E-state index is -0.612. The summed E-state index contributed by atoms with van der Waals surface area (Å²) in [7, 11) is 2.97. The molecule has 6 heteroatoms. The molecule has 1 aliphatic carbocycles. The second kappa shape index (κ2) is 7.23. The van der Waals surface area contributed by atoms with Gasteiger partial charge in [0, 0.05) is 29.3 Å². The Hall–Kier alpha value is -1.95. The number of carbonyl (C=O) groups excluding carboxylic acids is 2. The van der Waals surface area contributed by atoms with E-state index in [1.54, 1.807) is 7.11 Å². The number of carbonyl (C=O) groups is 2.